The van der Waals surface area contributed by atoms with E-state index < -0.39 is 107 Å². The molecule has 12 rings (SSSR count). The highest BCUT2D eigenvalue weighted by molar-refractivity contribution is 7.99. The molecule has 6 aromatic carbocycles. The third-order valence-corrected chi connectivity index (χ3v) is 21.2. The number of thioether (sulfide) groups is 2. The summed E-state index contributed by atoms with van der Waals surface area (Å²) in [7, 11) is 0. The van der Waals surface area contributed by atoms with Crippen LogP contribution in [0.1, 0.15) is 120 Å². The predicted molar refractivity (Wildman–Crippen MR) is 353 cm³/mol. The molecule has 22 heteroatoms. The number of nitrogens with two attached hydrogens (primary N) is 2. The molecule has 6 heterocycles. The second-order valence-corrected chi connectivity index (χ2v) is 27.5. The predicted octanol–water partition coefficient (Wildman–Crippen LogP) is 8.54. The molecule has 6 aromatic rings. The number of hydrogen-bond acceptors (Lipinski definition) is 18. The minimum Gasteiger partial charge on any atom is -0.489 e. The lowest BCUT2D eigenvalue weighted by Crippen LogP contribution is -2.52. The van der Waals surface area contributed by atoms with Gasteiger partial charge in [-0.3, -0.25) is 9.80 Å². The Bertz CT molecular complexity index is 3250. The minimum atomic E-state index is -1.29. The lowest BCUT2D eigenvalue weighted by molar-refractivity contribution is -0.200. The van der Waals surface area contributed by atoms with Gasteiger partial charge in [-0.25, -0.2) is 17.6 Å². The van der Waals surface area contributed by atoms with E-state index in [4.69, 9.17) is 39.9 Å². The molecule has 94 heavy (non-hydrogen) atoms. The fraction of sp³-hybridized carbons (Fsp3) is 0.500. The Morgan fingerprint density at radius 1 is 0.479 bits per heavy atom. The van der Waals surface area contributed by atoms with Gasteiger partial charge in [0.2, 0.25) is 0 Å². The minimum absolute atomic E-state index is 0.0136. The number of likely N-dealkylation sites (tertiary alicyclic amines) is 2. The molecule has 0 aromatic heterocycles. The third kappa shape index (κ3) is 16.2. The lowest BCUT2D eigenvalue weighted by Gasteiger charge is -2.40. The van der Waals surface area contributed by atoms with E-state index in [9.17, 15) is 48.2 Å². The first-order valence-electron chi connectivity index (χ1n) is 32.6. The van der Waals surface area contributed by atoms with Crippen molar-refractivity contribution in [2.24, 2.45) is 11.5 Å². The van der Waals surface area contributed by atoms with Crippen molar-refractivity contribution in [2.45, 2.75) is 174 Å². The molecule has 16 nitrogen and oxygen atoms in total. The zero-order valence-electron chi connectivity index (χ0n) is 53.3. The number of ether oxygens (including phenoxy) is 6. The molecule has 0 radical (unpaired) electrons. The molecule has 6 aliphatic heterocycles. The summed E-state index contributed by atoms with van der Waals surface area (Å²) in [4.78, 5) is 4.62. The van der Waals surface area contributed by atoms with E-state index in [1.54, 1.807) is 12.5 Å². The fourth-order valence-electron chi connectivity index (χ4n) is 14.2. The second-order valence-electron chi connectivity index (χ2n) is 25.7. The van der Waals surface area contributed by atoms with Crippen LogP contribution in [0.3, 0.4) is 0 Å². The molecule has 0 amide bonds. The van der Waals surface area contributed by atoms with E-state index in [-0.39, 0.29) is 35.4 Å². The van der Waals surface area contributed by atoms with Crippen LogP contribution in [0.5, 0.6) is 11.5 Å². The average Bonchev–Trinajstić information content (AvgIpc) is 2.28. The van der Waals surface area contributed by atoms with Gasteiger partial charge in [-0.2, -0.15) is 0 Å². The summed E-state index contributed by atoms with van der Waals surface area (Å²) < 4.78 is 92.8. The summed E-state index contributed by atoms with van der Waals surface area (Å²) >= 11 is 2.60. The van der Waals surface area contributed by atoms with Gasteiger partial charge >= 0.3 is 0 Å². The summed E-state index contributed by atoms with van der Waals surface area (Å²) in [6.45, 7) is 8.13. The Hall–Kier alpha value is -5.22. The molecule has 0 saturated carbocycles. The number of benzene rings is 6. The van der Waals surface area contributed by atoms with Crippen molar-refractivity contribution in [3.05, 3.63) is 200 Å². The Kier molecular flexibility index (Phi) is 23.5. The van der Waals surface area contributed by atoms with Gasteiger partial charge in [0.05, 0.1) is 13.2 Å². The van der Waals surface area contributed by atoms with Crippen LogP contribution in [0.15, 0.2) is 121 Å². The largest absolute Gasteiger partial charge is 0.489 e. The summed E-state index contributed by atoms with van der Waals surface area (Å²) in [5, 5.41) is 62.8. The van der Waals surface area contributed by atoms with Gasteiger partial charge in [-0.1, -0.05) is 74.5 Å². The van der Waals surface area contributed by atoms with Gasteiger partial charge < -0.3 is 70.5 Å². The van der Waals surface area contributed by atoms with E-state index in [1.165, 1.54) is 46.8 Å². The van der Waals surface area contributed by atoms with Gasteiger partial charge in [0.25, 0.3) is 0 Å². The first-order chi connectivity index (χ1) is 45.3. The van der Waals surface area contributed by atoms with Crippen LogP contribution in [-0.4, -0.2) is 176 Å². The van der Waals surface area contributed by atoms with Crippen LogP contribution < -0.4 is 20.9 Å². The van der Waals surface area contributed by atoms with E-state index >= 15 is 0 Å². The topological polar surface area (TPSA) is 235 Å². The van der Waals surface area contributed by atoms with Crippen LogP contribution in [-0.2, 0) is 44.6 Å². The Labute approximate surface area is 555 Å². The highest BCUT2D eigenvalue weighted by atomic mass is 32.2. The van der Waals surface area contributed by atoms with Gasteiger partial charge in [0.1, 0.15) is 119 Å². The van der Waals surface area contributed by atoms with Gasteiger partial charge in [-0.05, 0) is 169 Å². The third-order valence-electron chi connectivity index (χ3n) is 19.4. The highest BCUT2D eigenvalue weighted by Crippen LogP contribution is 2.40. The van der Waals surface area contributed by atoms with Crippen molar-refractivity contribution in [3.63, 3.8) is 0 Å². The summed E-state index contributed by atoms with van der Waals surface area (Å²) in [6.07, 6.45) is -0.579. The van der Waals surface area contributed by atoms with E-state index in [2.05, 4.69) is 47.9 Å². The first kappa shape index (κ1) is 70.1. The van der Waals surface area contributed by atoms with Crippen molar-refractivity contribution >= 4 is 23.5 Å². The number of aliphatic hydroxyl groups is 6. The Morgan fingerprint density at radius 2 is 0.872 bits per heavy atom. The molecule has 18 atom stereocenters. The van der Waals surface area contributed by atoms with Gasteiger partial charge in [0.15, 0.2) is 0 Å². The van der Waals surface area contributed by atoms with Crippen molar-refractivity contribution in [1.82, 2.24) is 9.80 Å². The zero-order chi connectivity index (χ0) is 66.5. The van der Waals surface area contributed by atoms with Crippen LogP contribution in [0.2, 0.25) is 0 Å². The monoisotopic (exact) mass is 1340 g/mol. The number of nitrogens with zero attached hydrogens (tertiary/aromatic N) is 2. The average molecular weight is 1340 g/mol. The number of aryl methyl sites for hydroxylation is 2. The Morgan fingerprint density at radius 3 is 1.23 bits per heavy atom. The second kappa shape index (κ2) is 31.5. The van der Waals surface area contributed by atoms with Crippen molar-refractivity contribution < 1.29 is 76.6 Å². The maximum atomic E-state index is 14.3. The van der Waals surface area contributed by atoms with Crippen LogP contribution in [0.4, 0.5) is 17.6 Å². The molecule has 508 valence electrons. The standard InChI is InChI=1S/2C36H44F2N2O6S/c2*1-3-21-6-7-22(34-32(42)31(41)33(43)36(46-34)47-2)15-23(21)14-20-4-9-26(10-5-20)45-27-12-13-40(18-27)25-17-30(39)35(44-19-25)28-16-24(37)8-11-29(28)38/h2*4-11,15-16,25,27,30-36,41-43H,3,12-14,17-19,39H2,1-2H3/t25-,27+,30+,31-,32-,33+,34+,35-,36-;25-,27-,30-,31+,32+,33-,34-,35+,36+/m10/s1. The Balaban J connectivity index is 0.000000192. The molecule has 10 N–H and O–H groups in total. The number of rotatable bonds is 18. The molecular formula is C72H88F4N4O12S2. The highest BCUT2D eigenvalue weighted by Gasteiger charge is 2.46. The molecule has 6 saturated heterocycles. The van der Waals surface area contributed by atoms with Crippen LogP contribution in [0, 0.1) is 23.3 Å². The maximum Gasteiger partial charge on any atom is 0.132 e. The molecule has 0 unspecified atom stereocenters. The SMILES string of the molecule is CCc1ccc([C@@H]2O[C@H](SC)[C@@H](O)[C@H](O)[C@H]2O)cc1Cc1ccc(O[C@H]2CCN([C@@H]3CO[C@H](c4cc(F)ccc4F)[C@@H](N)C3)C2)cc1.CCc1ccc([C@@H]2O[C@H](SC)[C@@H](O)[C@H](O)[C@H]2O)cc1Cc1ccc(O[C@H]2CCN([C@H]3CO[C@H](c4cc(F)ccc4F)[C@@H](N)C3)C2)cc1. The molecule has 0 aliphatic carbocycles. The van der Waals surface area contributed by atoms with E-state index in [1.807, 2.05) is 60.7 Å². The molecule has 6 fully saturated rings. The first-order valence-corrected chi connectivity index (χ1v) is 35.2. The summed E-state index contributed by atoms with van der Waals surface area (Å²) in [5.41, 5.74) is 20.2. The van der Waals surface area contributed by atoms with Gasteiger partial charge in [0, 0.05) is 61.5 Å². The van der Waals surface area contributed by atoms with Crippen molar-refractivity contribution in [1.29, 1.82) is 0 Å². The number of hydrogen-bond donors (Lipinski definition) is 8. The smallest absolute Gasteiger partial charge is 0.132 e. The summed E-state index contributed by atoms with van der Waals surface area (Å²) in [5.74, 6) is -0.456. The summed E-state index contributed by atoms with van der Waals surface area (Å²) in [6, 6.07) is 34.2. The lowest BCUT2D eigenvalue weighted by atomic mass is 9.90. The molecular weight excluding hydrogens is 1250 g/mol. The number of aliphatic hydroxyl groups excluding tert-OH is 6. The van der Waals surface area contributed by atoms with Crippen molar-refractivity contribution in [2.75, 3.05) is 51.9 Å². The maximum absolute atomic E-state index is 14.3. The van der Waals surface area contributed by atoms with Crippen LogP contribution >= 0.6 is 23.5 Å². The van der Waals surface area contributed by atoms with E-state index in [0.717, 1.165) is 121 Å². The molecule has 6 aliphatic rings. The van der Waals surface area contributed by atoms with E-state index in [0.29, 0.717) is 38.9 Å². The van der Waals surface area contributed by atoms with Crippen molar-refractivity contribution in [3.8, 4) is 11.5 Å². The molecule has 0 spiro atoms. The quantitative estimate of drug-likeness (QED) is 0.0377. The number of halogens is 4. The normalized spacial score (nSPS) is 31.6. The molecule has 0 bridgehead atoms. The van der Waals surface area contributed by atoms with Gasteiger partial charge in [-0.15, -0.1) is 23.5 Å². The fourth-order valence-corrected chi connectivity index (χ4v) is 15.5. The van der Waals surface area contributed by atoms with Crippen LogP contribution in [0.25, 0.3) is 0 Å². The zero-order valence-corrected chi connectivity index (χ0v) is 55.0.